The van der Waals surface area contributed by atoms with Gasteiger partial charge in [-0.2, -0.15) is 9.61 Å². The van der Waals surface area contributed by atoms with Crippen molar-refractivity contribution in [3.8, 4) is 11.3 Å². The molecule has 0 saturated heterocycles. The molecule has 4 atom stereocenters. The first-order valence-corrected chi connectivity index (χ1v) is 12.3. The van der Waals surface area contributed by atoms with Gasteiger partial charge in [-0.05, 0) is 73.1 Å². The van der Waals surface area contributed by atoms with Gasteiger partial charge in [0.1, 0.15) is 11.6 Å². The predicted octanol–water partition coefficient (Wildman–Crippen LogP) is 4.47. The van der Waals surface area contributed by atoms with Crippen LogP contribution in [0.3, 0.4) is 0 Å². The van der Waals surface area contributed by atoms with Gasteiger partial charge in [-0.1, -0.05) is 6.92 Å². The van der Waals surface area contributed by atoms with Crippen molar-refractivity contribution in [1.82, 2.24) is 24.9 Å². The average molecular weight is 506 g/mol. The molecule has 0 spiro atoms. The number of carbonyl (C=O) groups excluding carboxylic acids is 1. The lowest BCUT2D eigenvalue weighted by molar-refractivity contribution is -0.120. The maximum absolute atomic E-state index is 14.6. The van der Waals surface area contributed by atoms with Crippen LogP contribution in [0, 0.1) is 24.5 Å². The number of carbonyl (C=O) groups is 1. The van der Waals surface area contributed by atoms with Crippen molar-refractivity contribution < 1.29 is 13.6 Å². The number of nitrogens with one attached hydrogen (secondary N) is 2. The molecule has 192 valence electrons. The smallest absolute Gasteiger partial charge is 0.229 e. The zero-order valence-corrected chi connectivity index (χ0v) is 20.9. The van der Waals surface area contributed by atoms with Gasteiger partial charge in [0.25, 0.3) is 0 Å². The standard InChI is InChI=1S/C27H29F2N7O/c1-14-8-20(28)25(21(29)9-14)23-5-4-18-12-32-27(36(18)35-23)34-24-13-31-7-6-19(24)17-10-15(2)26(22(30)11-17)33-16(3)37/h4-9,12-13,15,17,22,26H,10-11,30H2,1-3H3,(H,32,34)(H,33,37). The molecule has 1 saturated carbocycles. The SMILES string of the molecule is CC(=O)NC1C(C)CC(c2ccncc2Nc2ncc3ccc(-c4c(F)cc(C)cc4F)nn23)CC1N. The number of imidazole rings is 1. The van der Waals surface area contributed by atoms with Gasteiger partial charge in [0, 0.05) is 25.2 Å². The van der Waals surface area contributed by atoms with Crippen LogP contribution in [0.2, 0.25) is 0 Å². The van der Waals surface area contributed by atoms with Gasteiger partial charge in [0.2, 0.25) is 11.9 Å². The van der Waals surface area contributed by atoms with Crippen molar-refractivity contribution in [1.29, 1.82) is 0 Å². The Morgan fingerprint density at radius 1 is 1.14 bits per heavy atom. The van der Waals surface area contributed by atoms with Crippen LogP contribution in [0.5, 0.6) is 0 Å². The topological polar surface area (TPSA) is 110 Å². The molecule has 5 rings (SSSR count). The molecule has 0 bridgehead atoms. The Hall–Kier alpha value is -3.92. The third-order valence-corrected chi connectivity index (χ3v) is 7.02. The lowest BCUT2D eigenvalue weighted by Gasteiger charge is -2.39. The van der Waals surface area contributed by atoms with Crippen LogP contribution in [0.15, 0.2) is 48.9 Å². The summed E-state index contributed by atoms with van der Waals surface area (Å²) >= 11 is 0. The Kier molecular flexibility index (Phi) is 6.59. The zero-order chi connectivity index (χ0) is 26.3. The molecule has 4 N–H and O–H groups in total. The monoisotopic (exact) mass is 505 g/mol. The highest BCUT2D eigenvalue weighted by Crippen LogP contribution is 2.39. The Balaban J connectivity index is 1.46. The summed E-state index contributed by atoms with van der Waals surface area (Å²) in [6.45, 7) is 5.24. The number of nitrogens with two attached hydrogens (primary N) is 1. The van der Waals surface area contributed by atoms with E-state index in [9.17, 15) is 13.6 Å². The molecule has 1 amide bonds. The highest BCUT2D eigenvalue weighted by molar-refractivity contribution is 5.73. The fourth-order valence-electron chi connectivity index (χ4n) is 5.36. The van der Waals surface area contributed by atoms with E-state index < -0.39 is 11.6 Å². The van der Waals surface area contributed by atoms with Crippen molar-refractivity contribution in [2.45, 2.75) is 51.6 Å². The molecule has 1 aliphatic rings. The lowest BCUT2D eigenvalue weighted by Crippen LogP contribution is -2.54. The maximum atomic E-state index is 14.6. The number of anilines is 2. The molecule has 1 aromatic carbocycles. The highest BCUT2D eigenvalue weighted by atomic mass is 19.1. The third-order valence-electron chi connectivity index (χ3n) is 7.02. The summed E-state index contributed by atoms with van der Waals surface area (Å²) < 4.78 is 30.8. The van der Waals surface area contributed by atoms with Crippen molar-refractivity contribution in [2.24, 2.45) is 11.7 Å². The summed E-state index contributed by atoms with van der Waals surface area (Å²) in [5, 5.41) is 10.8. The van der Waals surface area contributed by atoms with Crippen LogP contribution in [-0.4, -0.2) is 37.6 Å². The Morgan fingerprint density at radius 2 is 1.89 bits per heavy atom. The van der Waals surface area contributed by atoms with Crippen LogP contribution in [-0.2, 0) is 4.79 Å². The second-order valence-electron chi connectivity index (χ2n) is 9.86. The molecule has 3 aromatic heterocycles. The Morgan fingerprint density at radius 3 is 2.59 bits per heavy atom. The van der Waals surface area contributed by atoms with Gasteiger partial charge >= 0.3 is 0 Å². The van der Waals surface area contributed by atoms with Crippen molar-refractivity contribution >= 4 is 23.1 Å². The molecule has 0 aliphatic heterocycles. The van der Waals surface area contributed by atoms with Crippen LogP contribution < -0.4 is 16.4 Å². The van der Waals surface area contributed by atoms with Crippen LogP contribution in [0.4, 0.5) is 20.4 Å². The zero-order valence-electron chi connectivity index (χ0n) is 20.9. The number of hydrogen-bond acceptors (Lipinski definition) is 6. The van der Waals surface area contributed by atoms with E-state index in [1.807, 2.05) is 6.07 Å². The van der Waals surface area contributed by atoms with Crippen molar-refractivity contribution in [3.63, 3.8) is 0 Å². The summed E-state index contributed by atoms with van der Waals surface area (Å²) in [7, 11) is 0. The van der Waals surface area contributed by atoms with Gasteiger partial charge in [0.15, 0.2) is 0 Å². The van der Waals surface area contributed by atoms with Gasteiger partial charge in [0.05, 0.1) is 34.9 Å². The molecule has 4 unspecified atom stereocenters. The second-order valence-corrected chi connectivity index (χ2v) is 9.86. The van der Waals surface area contributed by atoms with Gasteiger partial charge in [-0.3, -0.25) is 9.78 Å². The van der Waals surface area contributed by atoms with Gasteiger partial charge < -0.3 is 16.4 Å². The van der Waals surface area contributed by atoms with E-state index in [2.05, 4.69) is 32.6 Å². The minimum absolute atomic E-state index is 0.0755. The molecular weight excluding hydrogens is 476 g/mol. The number of halogens is 2. The molecule has 0 radical (unpaired) electrons. The average Bonchev–Trinajstić information content (AvgIpc) is 3.23. The number of nitrogens with zero attached hydrogens (tertiary/aromatic N) is 4. The number of fused-ring (bicyclic) bond motifs is 1. The number of rotatable bonds is 5. The highest BCUT2D eigenvalue weighted by Gasteiger charge is 2.35. The van der Waals surface area contributed by atoms with Crippen LogP contribution >= 0.6 is 0 Å². The Bertz CT molecular complexity index is 1440. The van der Waals surface area contributed by atoms with E-state index in [-0.39, 0.29) is 41.1 Å². The molecule has 3 heterocycles. The summed E-state index contributed by atoms with van der Waals surface area (Å²) in [4.78, 5) is 20.3. The van der Waals surface area contributed by atoms with E-state index >= 15 is 0 Å². The molecule has 1 fully saturated rings. The lowest BCUT2D eigenvalue weighted by atomic mass is 9.73. The second kappa shape index (κ2) is 9.85. The number of pyridine rings is 1. The number of benzene rings is 1. The van der Waals surface area contributed by atoms with Crippen molar-refractivity contribution in [2.75, 3.05) is 5.32 Å². The van der Waals surface area contributed by atoms with Crippen LogP contribution in [0.25, 0.3) is 16.8 Å². The molecule has 10 heteroatoms. The fourth-order valence-corrected chi connectivity index (χ4v) is 5.36. The number of amides is 1. The minimum atomic E-state index is -0.672. The summed E-state index contributed by atoms with van der Waals surface area (Å²) in [6, 6.07) is 7.55. The largest absolute Gasteiger partial charge is 0.352 e. The number of hydrogen-bond donors (Lipinski definition) is 3. The normalized spacial score (nSPS) is 21.7. The number of aromatic nitrogens is 4. The molecule has 4 aromatic rings. The summed E-state index contributed by atoms with van der Waals surface area (Å²) in [5.74, 6) is -0.702. The minimum Gasteiger partial charge on any atom is -0.352 e. The fraction of sp³-hybridized carbons (Fsp3) is 0.333. The Labute approximate surface area is 213 Å². The van der Waals surface area contributed by atoms with Gasteiger partial charge in [-0.25, -0.2) is 13.8 Å². The molecule has 37 heavy (non-hydrogen) atoms. The van der Waals surface area contributed by atoms with Crippen molar-refractivity contribution in [3.05, 3.63) is 71.7 Å². The third kappa shape index (κ3) is 4.89. The van der Waals surface area contributed by atoms with E-state index in [1.54, 1.807) is 37.6 Å². The van der Waals surface area contributed by atoms with E-state index in [0.717, 1.165) is 17.7 Å². The first kappa shape index (κ1) is 24.8. The quantitative estimate of drug-likeness (QED) is 0.369. The number of aryl methyl sites for hydroxylation is 1. The summed E-state index contributed by atoms with van der Waals surface area (Å²) in [5.41, 5.74) is 9.38. The summed E-state index contributed by atoms with van der Waals surface area (Å²) in [6.07, 6.45) is 6.63. The van der Waals surface area contributed by atoms with E-state index in [1.165, 1.54) is 23.6 Å². The molecule has 1 aliphatic carbocycles. The molecule has 8 nitrogen and oxygen atoms in total. The van der Waals surface area contributed by atoms with E-state index in [4.69, 9.17) is 5.73 Å². The van der Waals surface area contributed by atoms with Gasteiger partial charge in [-0.15, -0.1) is 0 Å². The van der Waals surface area contributed by atoms with Crippen LogP contribution in [0.1, 0.15) is 43.7 Å². The van der Waals surface area contributed by atoms with E-state index in [0.29, 0.717) is 23.4 Å². The maximum Gasteiger partial charge on any atom is 0.229 e. The molecular formula is C27H29F2N7O. The first-order chi connectivity index (χ1) is 17.7. The first-order valence-electron chi connectivity index (χ1n) is 12.3. The predicted molar refractivity (Wildman–Crippen MR) is 137 cm³/mol.